The minimum Gasteiger partial charge on any atom is -0.205 e. The Bertz CT molecular complexity index is 580. The molecule has 1 aliphatic rings. The Morgan fingerprint density at radius 3 is 2.14 bits per heavy atom. The zero-order chi connectivity index (χ0) is 16.4. The lowest BCUT2D eigenvalue weighted by Crippen LogP contribution is -2.43. The summed E-state index contributed by atoms with van der Waals surface area (Å²) in [6, 6.07) is 8.88. The lowest BCUT2D eigenvalue weighted by Gasteiger charge is -2.31. The molecule has 1 aromatic carbocycles. The fourth-order valence-electron chi connectivity index (χ4n) is 2.96. The minimum atomic E-state index is -3.26. The van der Waals surface area contributed by atoms with Crippen LogP contribution in [0.1, 0.15) is 44.7 Å². The van der Waals surface area contributed by atoms with E-state index in [-0.39, 0.29) is 5.41 Å². The molecule has 1 heterocycles. The number of nitrogens with zero attached hydrogens (tertiary/aromatic N) is 1. The molecule has 1 aromatic rings. The molecule has 0 saturated carbocycles. The van der Waals surface area contributed by atoms with Gasteiger partial charge in [0.05, 0.1) is 0 Å². The Balaban J connectivity index is 1.91. The van der Waals surface area contributed by atoms with E-state index in [0.717, 1.165) is 19.3 Å². The fraction of sp³-hybridized carbons (Fsp3) is 0.647. The summed E-state index contributed by atoms with van der Waals surface area (Å²) in [7, 11) is -1.79. The summed E-state index contributed by atoms with van der Waals surface area (Å²) in [5.74, 6) is 0.573. The molecule has 2 rings (SSSR count). The Labute approximate surface area is 135 Å². The van der Waals surface area contributed by atoms with E-state index in [1.165, 1.54) is 18.2 Å². The van der Waals surface area contributed by atoms with Gasteiger partial charge in [-0.1, -0.05) is 45.0 Å². The van der Waals surface area contributed by atoms with Crippen molar-refractivity contribution >= 4 is 10.2 Å². The van der Waals surface area contributed by atoms with E-state index in [4.69, 9.17) is 0 Å². The summed E-state index contributed by atoms with van der Waals surface area (Å²) in [4.78, 5) is 0. The molecule has 0 aromatic heterocycles. The zero-order valence-electron chi connectivity index (χ0n) is 14.1. The van der Waals surface area contributed by atoms with Gasteiger partial charge in [-0.05, 0) is 41.7 Å². The number of piperidine rings is 1. The van der Waals surface area contributed by atoms with Crippen molar-refractivity contribution < 1.29 is 8.42 Å². The largest absolute Gasteiger partial charge is 0.279 e. The summed E-state index contributed by atoms with van der Waals surface area (Å²) in [6.07, 6.45) is 2.90. The molecule has 0 atom stereocenters. The summed E-state index contributed by atoms with van der Waals surface area (Å²) < 4.78 is 27.5. The second kappa shape index (κ2) is 6.69. The van der Waals surface area contributed by atoms with Crippen LogP contribution in [0.4, 0.5) is 0 Å². The summed E-state index contributed by atoms with van der Waals surface area (Å²) >= 11 is 0. The molecule has 1 fully saturated rings. The number of hydrogen-bond acceptors (Lipinski definition) is 2. The fourth-order valence-corrected chi connectivity index (χ4v) is 3.91. The Morgan fingerprint density at radius 2 is 1.68 bits per heavy atom. The first-order valence-electron chi connectivity index (χ1n) is 8.00. The van der Waals surface area contributed by atoms with Crippen molar-refractivity contribution in [3.8, 4) is 0 Å². The molecule has 1 saturated heterocycles. The van der Waals surface area contributed by atoms with Crippen LogP contribution in [0.2, 0.25) is 0 Å². The second-order valence-corrected chi connectivity index (χ2v) is 9.08. The number of hydrogen-bond donors (Lipinski definition) is 1. The highest BCUT2D eigenvalue weighted by Crippen LogP contribution is 2.26. The van der Waals surface area contributed by atoms with E-state index >= 15 is 0 Å². The normalized spacial score (nSPS) is 18.5. The van der Waals surface area contributed by atoms with Gasteiger partial charge in [-0.3, -0.25) is 0 Å². The van der Waals surface area contributed by atoms with Crippen LogP contribution in [0.15, 0.2) is 24.3 Å². The lowest BCUT2D eigenvalue weighted by atomic mass is 9.85. The van der Waals surface area contributed by atoms with Crippen LogP contribution in [0, 0.1) is 5.92 Å². The van der Waals surface area contributed by atoms with Gasteiger partial charge in [0.15, 0.2) is 0 Å². The quantitative estimate of drug-likeness (QED) is 0.926. The zero-order valence-corrected chi connectivity index (χ0v) is 14.9. The van der Waals surface area contributed by atoms with Crippen LogP contribution < -0.4 is 4.72 Å². The molecule has 22 heavy (non-hydrogen) atoms. The van der Waals surface area contributed by atoms with E-state index < -0.39 is 10.2 Å². The van der Waals surface area contributed by atoms with E-state index in [2.05, 4.69) is 49.8 Å². The standard InChI is InChI=1S/C17H28N2O2S/c1-17(2,3)16-7-5-14(6-8-16)13-15-9-11-19(12-10-15)22(20,21)18-4/h5-8,15,18H,9-13H2,1-4H3. The number of benzene rings is 1. The van der Waals surface area contributed by atoms with Crippen LogP contribution >= 0.6 is 0 Å². The van der Waals surface area contributed by atoms with Gasteiger partial charge < -0.3 is 0 Å². The Hall–Kier alpha value is -0.910. The molecule has 0 amide bonds. The second-order valence-electron chi connectivity index (χ2n) is 7.20. The van der Waals surface area contributed by atoms with Crippen molar-refractivity contribution in [2.75, 3.05) is 20.1 Å². The van der Waals surface area contributed by atoms with Crippen molar-refractivity contribution in [2.45, 2.75) is 45.4 Å². The first-order chi connectivity index (χ1) is 10.2. The third kappa shape index (κ3) is 4.31. The van der Waals surface area contributed by atoms with Crippen LogP contribution in [-0.4, -0.2) is 32.9 Å². The summed E-state index contributed by atoms with van der Waals surface area (Å²) in [5.41, 5.74) is 2.89. The van der Waals surface area contributed by atoms with Crippen molar-refractivity contribution in [3.63, 3.8) is 0 Å². The Morgan fingerprint density at radius 1 is 1.14 bits per heavy atom. The van der Waals surface area contributed by atoms with E-state index in [1.807, 2.05) is 0 Å². The SMILES string of the molecule is CNS(=O)(=O)N1CCC(Cc2ccc(C(C)(C)C)cc2)CC1. The van der Waals surface area contributed by atoms with Gasteiger partial charge in [0.2, 0.25) is 0 Å². The first kappa shape index (κ1) is 17.4. The molecule has 0 unspecified atom stereocenters. The molecule has 1 aliphatic heterocycles. The highest BCUT2D eigenvalue weighted by Gasteiger charge is 2.26. The van der Waals surface area contributed by atoms with Gasteiger partial charge in [0.1, 0.15) is 0 Å². The van der Waals surface area contributed by atoms with Gasteiger partial charge in [0, 0.05) is 20.1 Å². The molecule has 0 radical (unpaired) electrons. The third-order valence-corrected chi connectivity index (χ3v) is 6.08. The van der Waals surface area contributed by atoms with Gasteiger partial charge in [-0.15, -0.1) is 0 Å². The summed E-state index contributed by atoms with van der Waals surface area (Å²) in [5, 5.41) is 0. The molecule has 5 heteroatoms. The van der Waals surface area contributed by atoms with E-state index in [0.29, 0.717) is 19.0 Å². The van der Waals surface area contributed by atoms with Crippen molar-refractivity contribution in [2.24, 2.45) is 5.92 Å². The molecular formula is C17H28N2O2S. The molecule has 0 aliphatic carbocycles. The van der Waals surface area contributed by atoms with Crippen LogP contribution in [-0.2, 0) is 22.0 Å². The maximum Gasteiger partial charge on any atom is 0.279 e. The smallest absolute Gasteiger partial charge is 0.205 e. The first-order valence-corrected chi connectivity index (χ1v) is 9.44. The molecular weight excluding hydrogens is 296 g/mol. The predicted molar refractivity (Wildman–Crippen MR) is 91.1 cm³/mol. The monoisotopic (exact) mass is 324 g/mol. The molecule has 0 bridgehead atoms. The van der Waals surface area contributed by atoms with E-state index in [1.54, 1.807) is 4.31 Å². The summed E-state index contributed by atoms with van der Waals surface area (Å²) in [6.45, 7) is 7.90. The molecule has 124 valence electrons. The van der Waals surface area contributed by atoms with Gasteiger partial charge >= 0.3 is 0 Å². The van der Waals surface area contributed by atoms with E-state index in [9.17, 15) is 8.42 Å². The molecule has 0 spiro atoms. The van der Waals surface area contributed by atoms with Crippen molar-refractivity contribution in [1.29, 1.82) is 0 Å². The number of nitrogens with one attached hydrogen (secondary N) is 1. The van der Waals surface area contributed by atoms with Crippen LogP contribution in [0.3, 0.4) is 0 Å². The topological polar surface area (TPSA) is 49.4 Å². The predicted octanol–water partition coefficient (Wildman–Crippen LogP) is 2.70. The van der Waals surface area contributed by atoms with Gasteiger partial charge in [-0.2, -0.15) is 12.7 Å². The maximum atomic E-state index is 11.8. The van der Waals surface area contributed by atoms with Gasteiger partial charge in [0.25, 0.3) is 10.2 Å². The maximum absolute atomic E-state index is 11.8. The Kier molecular flexibility index (Phi) is 5.30. The van der Waals surface area contributed by atoms with Crippen LogP contribution in [0.25, 0.3) is 0 Å². The molecule has 1 N–H and O–H groups in total. The minimum absolute atomic E-state index is 0.186. The highest BCUT2D eigenvalue weighted by molar-refractivity contribution is 7.87. The average molecular weight is 324 g/mol. The average Bonchev–Trinajstić information content (AvgIpc) is 2.47. The lowest BCUT2D eigenvalue weighted by molar-refractivity contribution is 0.271. The van der Waals surface area contributed by atoms with Gasteiger partial charge in [-0.25, -0.2) is 4.72 Å². The number of rotatable bonds is 4. The third-order valence-electron chi connectivity index (χ3n) is 4.52. The van der Waals surface area contributed by atoms with Crippen LogP contribution in [0.5, 0.6) is 0 Å². The van der Waals surface area contributed by atoms with Crippen molar-refractivity contribution in [3.05, 3.63) is 35.4 Å². The highest BCUT2D eigenvalue weighted by atomic mass is 32.2. The van der Waals surface area contributed by atoms with Crippen molar-refractivity contribution in [1.82, 2.24) is 9.03 Å². The molecule has 4 nitrogen and oxygen atoms in total.